The Hall–Kier alpha value is -3.14. The summed E-state index contributed by atoms with van der Waals surface area (Å²) in [5.74, 6) is 1.56. The number of nitrogens with one attached hydrogen (secondary N) is 1. The molecule has 3 atom stereocenters. The number of fused-ring (bicyclic) bond motifs is 3. The topological polar surface area (TPSA) is 58.4 Å². The van der Waals surface area contributed by atoms with Crippen molar-refractivity contribution in [1.29, 1.82) is 0 Å². The second-order valence-corrected chi connectivity index (χ2v) is 9.96. The number of nitrogens with zero attached hydrogens (tertiary/aromatic N) is 5. The zero-order valence-corrected chi connectivity index (χ0v) is 19.3. The van der Waals surface area contributed by atoms with Gasteiger partial charge < -0.3 is 10.2 Å². The lowest BCUT2D eigenvalue weighted by molar-refractivity contribution is -0.137. The Kier molecular flexibility index (Phi) is 5.02. The second-order valence-electron chi connectivity index (χ2n) is 9.18. The third kappa shape index (κ3) is 3.79. The van der Waals surface area contributed by atoms with Gasteiger partial charge >= 0.3 is 6.18 Å². The summed E-state index contributed by atoms with van der Waals surface area (Å²) in [5, 5.41) is 9.44. The predicted molar refractivity (Wildman–Crippen MR) is 126 cm³/mol. The summed E-state index contributed by atoms with van der Waals surface area (Å²) in [7, 11) is 0. The lowest BCUT2D eigenvalue weighted by Gasteiger charge is -2.38. The van der Waals surface area contributed by atoms with Crippen LogP contribution in [0.4, 0.5) is 24.1 Å². The Morgan fingerprint density at radius 2 is 1.79 bits per heavy atom. The number of hydrogen-bond donors (Lipinski definition) is 1. The zero-order chi connectivity index (χ0) is 23.4. The van der Waals surface area contributed by atoms with E-state index in [0.717, 1.165) is 36.5 Å². The van der Waals surface area contributed by atoms with Crippen LogP contribution in [0.25, 0.3) is 16.8 Å². The summed E-state index contributed by atoms with van der Waals surface area (Å²) in [5.41, 5.74) is 2.43. The average Bonchev–Trinajstić information content (AvgIpc) is 3.48. The van der Waals surface area contributed by atoms with Crippen LogP contribution in [0.2, 0.25) is 0 Å². The minimum absolute atomic E-state index is 0.303. The quantitative estimate of drug-likeness (QED) is 0.414. The van der Waals surface area contributed by atoms with Crippen molar-refractivity contribution in [3.63, 3.8) is 0 Å². The molecule has 1 saturated heterocycles. The van der Waals surface area contributed by atoms with Crippen molar-refractivity contribution in [2.24, 2.45) is 11.8 Å². The Labute approximate surface area is 198 Å². The fraction of sp³-hybridized carbons (Fsp3) is 0.375. The van der Waals surface area contributed by atoms with Gasteiger partial charge in [0.05, 0.1) is 11.3 Å². The van der Waals surface area contributed by atoms with E-state index in [1.165, 1.54) is 30.0 Å². The molecule has 2 aliphatic rings. The molecule has 1 saturated carbocycles. The fourth-order valence-electron chi connectivity index (χ4n) is 5.32. The third-order valence-electron chi connectivity index (χ3n) is 6.94. The van der Waals surface area contributed by atoms with Gasteiger partial charge in [-0.25, -0.2) is 4.52 Å². The first-order valence-electron chi connectivity index (χ1n) is 11.3. The van der Waals surface area contributed by atoms with Gasteiger partial charge in [0.15, 0.2) is 5.65 Å². The molecule has 2 fully saturated rings. The molecule has 0 spiro atoms. The van der Waals surface area contributed by atoms with E-state index < -0.39 is 11.7 Å². The SMILES string of the molecule is Cc1cc(N2C[C@H]3CC[C@@H](C2)C3Nc2nc3c(-c4ccc(C(F)(F)F)cc4)cccn3n2)sn1. The molecule has 0 amide bonds. The number of anilines is 2. The van der Waals surface area contributed by atoms with Crippen LogP contribution >= 0.6 is 11.5 Å². The molecule has 2 bridgehead atoms. The second kappa shape index (κ2) is 7.97. The van der Waals surface area contributed by atoms with E-state index in [4.69, 9.17) is 4.98 Å². The molecule has 0 radical (unpaired) electrons. The lowest BCUT2D eigenvalue weighted by Crippen LogP contribution is -2.48. The Bertz CT molecular complexity index is 1310. The third-order valence-corrected chi connectivity index (χ3v) is 7.88. The molecule has 4 aromatic rings. The number of aryl methyl sites for hydroxylation is 1. The minimum atomic E-state index is -4.36. The van der Waals surface area contributed by atoms with Crippen LogP contribution < -0.4 is 10.2 Å². The molecule has 1 aliphatic heterocycles. The number of rotatable bonds is 4. The fourth-order valence-corrected chi connectivity index (χ4v) is 6.10. The van der Waals surface area contributed by atoms with Crippen LogP contribution in [0, 0.1) is 18.8 Å². The molecular formula is C24H23F3N6S. The van der Waals surface area contributed by atoms with Gasteiger partial charge in [0.2, 0.25) is 5.95 Å². The molecule has 10 heteroatoms. The molecule has 6 nitrogen and oxygen atoms in total. The highest BCUT2D eigenvalue weighted by molar-refractivity contribution is 7.10. The van der Waals surface area contributed by atoms with E-state index in [1.807, 2.05) is 25.3 Å². The van der Waals surface area contributed by atoms with Crippen molar-refractivity contribution in [1.82, 2.24) is 19.0 Å². The summed E-state index contributed by atoms with van der Waals surface area (Å²) in [6, 6.07) is 11.3. The number of hydrogen-bond acceptors (Lipinski definition) is 6. The van der Waals surface area contributed by atoms with Gasteiger partial charge in [-0.3, -0.25) is 0 Å². The highest BCUT2D eigenvalue weighted by atomic mass is 32.1. The Morgan fingerprint density at radius 3 is 2.44 bits per heavy atom. The van der Waals surface area contributed by atoms with E-state index in [-0.39, 0.29) is 0 Å². The minimum Gasteiger partial charge on any atom is -0.361 e. The molecule has 1 aromatic carbocycles. The van der Waals surface area contributed by atoms with Crippen molar-refractivity contribution < 1.29 is 13.2 Å². The predicted octanol–water partition coefficient (Wildman–Crippen LogP) is 5.51. The van der Waals surface area contributed by atoms with E-state index in [9.17, 15) is 13.2 Å². The van der Waals surface area contributed by atoms with Gasteiger partial charge in [-0.15, -0.1) is 5.10 Å². The molecule has 1 N–H and O–H groups in total. The average molecular weight is 485 g/mol. The number of pyridine rings is 1. The zero-order valence-electron chi connectivity index (χ0n) is 18.5. The summed E-state index contributed by atoms with van der Waals surface area (Å²) in [6.45, 7) is 4.00. The van der Waals surface area contributed by atoms with Crippen LogP contribution in [-0.2, 0) is 6.18 Å². The number of benzene rings is 1. The van der Waals surface area contributed by atoms with Gasteiger partial charge in [0.1, 0.15) is 5.00 Å². The summed E-state index contributed by atoms with van der Waals surface area (Å²) in [4.78, 5) is 7.18. The molecular weight excluding hydrogens is 461 g/mol. The Balaban J connectivity index is 1.24. The highest BCUT2D eigenvalue weighted by Crippen LogP contribution is 2.41. The first kappa shape index (κ1) is 21.4. The van der Waals surface area contributed by atoms with Crippen molar-refractivity contribution in [2.75, 3.05) is 23.3 Å². The van der Waals surface area contributed by atoms with Crippen LogP contribution in [-0.4, -0.2) is 38.1 Å². The molecule has 34 heavy (non-hydrogen) atoms. The van der Waals surface area contributed by atoms with Gasteiger partial charge in [0.25, 0.3) is 0 Å². The van der Waals surface area contributed by atoms with Crippen LogP contribution in [0.5, 0.6) is 0 Å². The highest BCUT2D eigenvalue weighted by Gasteiger charge is 2.43. The number of piperidine rings is 1. The van der Waals surface area contributed by atoms with E-state index >= 15 is 0 Å². The van der Waals surface area contributed by atoms with Crippen molar-refractivity contribution >= 4 is 28.1 Å². The maximum absolute atomic E-state index is 13.0. The van der Waals surface area contributed by atoms with Crippen LogP contribution in [0.1, 0.15) is 24.1 Å². The molecule has 4 heterocycles. The smallest absolute Gasteiger partial charge is 0.361 e. The standard InChI is InChI=1S/C24H23F3N6S/c1-14-11-20(34-31-14)32-12-16-4-5-17(13-32)21(16)28-23-29-22-19(3-2-10-33(22)30-23)15-6-8-18(9-7-15)24(25,26)27/h2-3,6-11,16-17,21H,4-5,12-13H2,1H3,(H,28,30)/t16-,17+,21?. The monoisotopic (exact) mass is 484 g/mol. The summed E-state index contributed by atoms with van der Waals surface area (Å²) in [6.07, 6.45) is -0.212. The van der Waals surface area contributed by atoms with Crippen molar-refractivity contribution in [3.8, 4) is 11.1 Å². The van der Waals surface area contributed by atoms with Gasteiger partial charge in [-0.1, -0.05) is 12.1 Å². The molecule has 1 aliphatic carbocycles. The maximum Gasteiger partial charge on any atom is 0.416 e. The van der Waals surface area contributed by atoms with Crippen LogP contribution in [0.3, 0.4) is 0 Å². The summed E-state index contributed by atoms with van der Waals surface area (Å²) < 4.78 is 45.0. The number of alkyl halides is 3. The first-order chi connectivity index (χ1) is 16.3. The lowest BCUT2D eigenvalue weighted by atomic mass is 9.92. The molecule has 1 unspecified atom stereocenters. The maximum atomic E-state index is 13.0. The molecule has 6 rings (SSSR count). The van der Waals surface area contributed by atoms with Gasteiger partial charge in [-0.05, 0) is 79.0 Å². The van der Waals surface area contributed by atoms with E-state index in [0.29, 0.717) is 35.0 Å². The number of aromatic nitrogens is 4. The molecule has 176 valence electrons. The first-order valence-corrected chi connectivity index (χ1v) is 12.1. The van der Waals surface area contributed by atoms with E-state index in [1.54, 1.807) is 16.0 Å². The van der Waals surface area contributed by atoms with Gasteiger partial charge in [-0.2, -0.15) is 22.5 Å². The normalized spacial score (nSPS) is 22.5. The van der Waals surface area contributed by atoms with Crippen molar-refractivity contribution in [2.45, 2.75) is 32.0 Å². The van der Waals surface area contributed by atoms with Gasteiger partial charge in [0, 0.05) is 30.9 Å². The largest absolute Gasteiger partial charge is 0.416 e. The summed E-state index contributed by atoms with van der Waals surface area (Å²) >= 11 is 1.56. The van der Waals surface area contributed by atoms with E-state index in [2.05, 4.69) is 25.8 Å². The Morgan fingerprint density at radius 1 is 1.06 bits per heavy atom. The van der Waals surface area contributed by atoms with Crippen LogP contribution in [0.15, 0.2) is 48.7 Å². The molecule has 3 aromatic heterocycles. The van der Waals surface area contributed by atoms with Crippen molar-refractivity contribution in [3.05, 3.63) is 59.9 Å². The number of halogens is 3.